The van der Waals surface area contributed by atoms with Crippen molar-refractivity contribution in [2.45, 2.75) is 38.1 Å². The summed E-state index contributed by atoms with van der Waals surface area (Å²) >= 11 is 0. The van der Waals surface area contributed by atoms with Crippen molar-refractivity contribution >= 4 is 11.8 Å². The van der Waals surface area contributed by atoms with Crippen LogP contribution in [0.3, 0.4) is 0 Å². The van der Waals surface area contributed by atoms with Gasteiger partial charge in [-0.3, -0.25) is 9.59 Å². The molecule has 1 saturated carbocycles. The molecule has 0 saturated heterocycles. The zero-order valence-corrected chi connectivity index (χ0v) is 9.08. The maximum absolute atomic E-state index is 11.7. The van der Waals surface area contributed by atoms with Crippen LogP contribution in [-0.2, 0) is 9.59 Å². The summed E-state index contributed by atoms with van der Waals surface area (Å²) in [5.74, 6) is -0.887. The summed E-state index contributed by atoms with van der Waals surface area (Å²) in [5.41, 5.74) is 10.5. The summed E-state index contributed by atoms with van der Waals surface area (Å²) < 4.78 is 0. The maximum Gasteiger partial charge on any atom is 0.236 e. The predicted octanol–water partition coefficient (Wildman–Crippen LogP) is -0.504. The Kier molecular flexibility index (Phi) is 3.68. The lowest BCUT2D eigenvalue weighted by Crippen LogP contribution is -2.53. The Morgan fingerprint density at radius 3 is 2.67 bits per heavy atom. The quantitative estimate of drug-likeness (QED) is 0.589. The first-order valence-corrected chi connectivity index (χ1v) is 5.28. The lowest BCUT2D eigenvalue weighted by molar-refractivity contribution is -0.130. The molecule has 0 heterocycles. The fourth-order valence-corrected chi connectivity index (χ4v) is 2.09. The van der Waals surface area contributed by atoms with E-state index in [-0.39, 0.29) is 18.4 Å². The predicted molar refractivity (Wildman–Crippen MR) is 56.8 cm³/mol. The Labute approximate surface area is 89.6 Å². The Bertz CT molecular complexity index is 263. The van der Waals surface area contributed by atoms with Gasteiger partial charge in [-0.25, -0.2) is 0 Å². The molecule has 15 heavy (non-hydrogen) atoms. The van der Waals surface area contributed by atoms with E-state index in [0.29, 0.717) is 0 Å². The third kappa shape index (κ3) is 3.20. The van der Waals surface area contributed by atoms with E-state index < -0.39 is 11.4 Å². The third-order valence-electron chi connectivity index (χ3n) is 3.01. The van der Waals surface area contributed by atoms with Gasteiger partial charge < -0.3 is 16.8 Å². The van der Waals surface area contributed by atoms with Gasteiger partial charge in [-0.15, -0.1) is 0 Å². The van der Waals surface area contributed by atoms with Crippen LogP contribution < -0.4 is 16.8 Å². The Balaban J connectivity index is 2.53. The lowest BCUT2D eigenvalue weighted by Gasteiger charge is -2.37. The highest BCUT2D eigenvalue weighted by Crippen LogP contribution is 2.31. The lowest BCUT2D eigenvalue weighted by atomic mass is 9.74. The minimum atomic E-state index is -0.530. The summed E-state index contributed by atoms with van der Waals surface area (Å²) in [4.78, 5) is 22.2. The van der Waals surface area contributed by atoms with E-state index in [2.05, 4.69) is 5.32 Å². The van der Waals surface area contributed by atoms with E-state index in [1.54, 1.807) is 0 Å². The zero-order valence-electron chi connectivity index (χ0n) is 9.08. The first kappa shape index (κ1) is 12.0. The van der Waals surface area contributed by atoms with Gasteiger partial charge in [0.2, 0.25) is 11.8 Å². The van der Waals surface area contributed by atoms with Crippen LogP contribution in [0.5, 0.6) is 0 Å². The monoisotopic (exact) mass is 213 g/mol. The number of primary amides is 1. The molecule has 0 spiro atoms. The number of carbonyl (C=O) groups is 2. The molecule has 0 aliphatic heterocycles. The first-order valence-electron chi connectivity index (χ1n) is 5.28. The van der Waals surface area contributed by atoms with E-state index >= 15 is 0 Å². The number of rotatable bonds is 3. The van der Waals surface area contributed by atoms with E-state index in [1.807, 2.05) is 6.92 Å². The Morgan fingerprint density at radius 1 is 1.47 bits per heavy atom. The number of hydrogen-bond donors (Lipinski definition) is 3. The molecule has 0 bridgehead atoms. The van der Waals surface area contributed by atoms with E-state index in [4.69, 9.17) is 11.5 Å². The molecule has 0 aromatic carbocycles. The summed E-state index contributed by atoms with van der Waals surface area (Å²) in [6.45, 7) is 1.78. The van der Waals surface area contributed by atoms with Gasteiger partial charge in [0.05, 0.1) is 12.5 Å². The molecule has 1 aliphatic carbocycles. The summed E-state index contributed by atoms with van der Waals surface area (Å²) in [7, 11) is 0. The second kappa shape index (κ2) is 4.61. The van der Waals surface area contributed by atoms with Gasteiger partial charge in [0.15, 0.2) is 0 Å². The van der Waals surface area contributed by atoms with Gasteiger partial charge in [0.1, 0.15) is 0 Å². The van der Waals surface area contributed by atoms with Gasteiger partial charge in [-0.1, -0.05) is 12.8 Å². The molecule has 2 unspecified atom stereocenters. The molecule has 2 amide bonds. The van der Waals surface area contributed by atoms with Gasteiger partial charge in [-0.2, -0.15) is 0 Å². The van der Waals surface area contributed by atoms with E-state index in [9.17, 15) is 9.59 Å². The second-order valence-corrected chi connectivity index (χ2v) is 4.49. The minimum absolute atomic E-state index is 0.106. The maximum atomic E-state index is 11.7. The second-order valence-electron chi connectivity index (χ2n) is 4.49. The summed E-state index contributed by atoms with van der Waals surface area (Å²) in [6.07, 6.45) is 3.72. The fourth-order valence-electron chi connectivity index (χ4n) is 2.09. The van der Waals surface area contributed by atoms with Crippen LogP contribution in [0.1, 0.15) is 32.6 Å². The van der Waals surface area contributed by atoms with Gasteiger partial charge in [-0.05, 0) is 19.8 Å². The molecule has 1 rings (SSSR count). The van der Waals surface area contributed by atoms with E-state index in [0.717, 1.165) is 25.7 Å². The number of nitrogens with one attached hydrogen (secondary N) is 1. The van der Waals surface area contributed by atoms with Crippen molar-refractivity contribution in [1.82, 2.24) is 5.32 Å². The van der Waals surface area contributed by atoms with Crippen LogP contribution in [0.4, 0.5) is 0 Å². The summed E-state index contributed by atoms with van der Waals surface area (Å²) in [5, 5.41) is 2.51. The van der Waals surface area contributed by atoms with Crippen LogP contribution in [0, 0.1) is 5.92 Å². The fraction of sp³-hybridized carbons (Fsp3) is 0.800. The minimum Gasteiger partial charge on any atom is -0.368 e. The van der Waals surface area contributed by atoms with Crippen molar-refractivity contribution < 1.29 is 9.59 Å². The van der Waals surface area contributed by atoms with Gasteiger partial charge in [0, 0.05) is 5.54 Å². The molecule has 2 atom stereocenters. The Hall–Kier alpha value is -1.10. The SMILES string of the molecule is CC1(N)CCCCC1C(=O)NCC(N)=O. The molecule has 1 fully saturated rings. The van der Waals surface area contributed by atoms with Crippen molar-refractivity contribution in [1.29, 1.82) is 0 Å². The average Bonchev–Trinajstić information content (AvgIpc) is 2.13. The highest BCUT2D eigenvalue weighted by molar-refractivity contribution is 5.85. The van der Waals surface area contributed by atoms with Crippen molar-refractivity contribution in [3.63, 3.8) is 0 Å². The number of hydrogen-bond acceptors (Lipinski definition) is 3. The zero-order chi connectivity index (χ0) is 11.5. The Morgan fingerprint density at radius 2 is 2.13 bits per heavy atom. The average molecular weight is 213 g/mol. The van der Waals surface area contributed by atoms with Crippen LogP contribution in [0.25, 0.3) is 0 Å². The highest BCUT2D eigenvalue weighted by atomic mass is 16.2. The molecule has 0 aromatic rings. The molecule has 5 heteroatoms. The molecule has 5 N–H and O–H groups in total. The molecule has 1 aliphatic rings. The highest BCUT2D eigenvalue weighted by Gasteiger charge is 2.37. The molecule has 0 aromatic heterocycles. The van der Waals surface area contributed by atoms with Crippen LogP contribution >= 0.6 is 0 Å². The normalized spacial score (nSPS) is 30.9. The largest absolute Gasteiger partial charge is 0.368 e. The molecule has 86 valence electrons. The van der Waals surface area contributed by atoms with Crippen LogP contribution in [-0.4, -0.2) is 23.9 Å². The van der Waals surface area contributed by atoms with Crippen molar-refractivity contribution in [3.05, 3.63) is 0 Å². The molecule has 0 radical (unpaired) electrons. The third-order valence-corrected chi connectivity index (χ3v) is 3.01. The van der Waals surface area contributed by atoms with Crippen molar-refractivity contribution in [2.75, 3.05) is 6.54 Å². The summed E-state index contributed by atoms with van der Waals surface area (Å²) in [6, 6.07) is 0. The number of amides is 2. The molecular formula is C10H19N3O2. The molecular weight excluding hydrogens is 194 g/mol. The van der Waals surface area contributed by atoms with Crippen molar-refractivity contribution in [3.8, 4) is 0 Å². The number of carbonyl (C=O) groups excluding carboxylic acids is 2. The van der Waals surface area contributed by atoms with Crippen LogP contribution in [0.2, 0.25) is 0 Å². The standard InChI is InChI=1S/C10H19N3O2/c1-10(12)5-3-2-4-7(10)9(15)13-6-8(11)14/h7H,2-6,12H2,1H3,(H2,11,14)(H,13,15). The first-order chi connectivity index (χ1) is 6.93. The van der Waals surface area contributed by atoms with Gasteiger partial charge in [0.25, 0.3) is 0 Å². The van der Waals surface area contributed by atoms with Crippen molar-refractivity contribution in [2.24, 2.45) is 17.4 Å². The number of nitrogens with two attached hydrogens (primary N) is 2. The van der Waals surface area contributed by atoms with Crippen LogP contribution in [0.15, 0.2) is 0 Å². The topological polar surface area (TPSA) is 98.2 Å². The smallest absolute Gasteiger partial charge is 0.236 e. The molecule has 5 nitrogen and oxygen atoms in total. The van der Waals surface area contributed by atoms with E-state index in [1.165, 1.54) is 0 Å². The van der Waals surface area contributed by atoms with Gasteiger partial charge >= 0.3 is 0 Å².